The van der Waals surface area contributed by atoms with E-state index >= 15 is 0 Å². The summed E-state index contributed by atoms with van der Waals surface area (Å²) in [6, 6.07) is 0. The molecule has 1 rings (SSSR count). The van der Waals surface area contributed by atoms with Gasteiger partial charge in [-0.3, -0.25) is 10.1 Å². The maximum atomic E-state index is 10.4. The molecule has 64 valence electrons. The van der Waals surface area contributed by atoms with E-state index in [4.69, 9.17) is 5.11 Å². The lowest BCUT2D eigenvalue weighted by Gasteiger charge is -1.87. The van der Waals surface area contributed by atoms with Gasteiger partial charge in [0.15, 0.2) is 0 Å². The molecule has 1 aromatic rings. The third-order valence-electron chi connectivity index (χ3n) is 1.11. The summed E-state index contributed by atoms with van der Waals surface area (Å²) in [5, 5.41) is 19.8. The average Bonchev–Trinajstić information content (AvgIpc) is 2.30. The lowest BCUT2D eigenvalue weighted by molar-refractivity contribution is -0.381. The molecule has 0 radical (unpaired) electrons. The maximum absolute atomic E-state index is 10.4. The Labute approximate surface area is 78.9 Å². The number of halogens is 1. The Morgan fingerprint density at radius 1 is 1.75 bits per heavy atom. The maximum Gasteiger partial charge on any atom is 0.339 e. The highest BCUT2D eigenvalue weighted by molar-refractivity contribution is 9.10. The topological polar surface area (TPSA) is 80.4 Å². The number of hydrogen-bond acceptors (Lipinski definition) is 4. The highest BCUT2D eigenvalue weighted by Gasteiger charge is 2.22. The molecule has 0 atom stereocenters. The Hall–Kier alpha value is -0.950. The van der Waals surface area contributed by atoms with Gasteiger partial charge in [-0.2, -0.15) is 0 Å². The molecule has 0 saturated heterocycles. The van der Waals surface area contributed by atoms with Gasteiger partial charge >= 0.3 is 11.0 Å². The number of nitrogens with zero attached hydrogens (tertiary/aromatic N) is 1. The van der Waals surface area contributed by atoms with Gasteiger partial charge in [0.2, 0.25) is 0 Å². The molecule has 0 aliphatic rings. The van der Waals surface area contributed by atoms with Crippen molar-refractivity contribution in [2.24, 2.45) is 0 Å². The Morgan fingerprint density at radius 2 is 2.33 bits per heavy atom. The molecular weight excluding hydrogens is 250 g/mol. The Kier molecular flexibility index (Phi) is 2.43. The van der Waals surface area contributed by atoms with Crippen molar-refractivity contribution in [2.45, 2.75) is 0 Å². The van der Waals surface area contributed by atoms with Crippen molar-refractivity contribution >= 4 is 38.2 Å². The van der Waals surface area contributed by atoms with E-state index in [1.54, 1.807) is 0 Å². The minimum absolute atomic E-state index is 0.0324. The smallest absolute Gasteiger partial charge is 0.339 e. The molecule has 12 heavy (non-hydrogen) atoms. The van der Waals surface area contributed by atoms with Crippen molar-refractivity contribution in [1.82, 2.24) is 0 Å². The predicted octanol–water partition coefficient (Wildman–Crippen LogP) is 2.12. The van der Waals surface area contributed by atoms with Crippen molar-refractivity contribution in [2.75, 3.05) is 0 Å². The zero-order valence-corrected chi connectivity index (χ0v) is 7.89. The molecule has 5 nitrogen and oxygen atoms in total. The summed E-state index contributed by atoms with van der Waals surface area (Å²) in [5.41, 5.74) is -0.0771. The number of carboxylic acid groups (broad SMARTS) is 1. The van der Waals surface area contributed by atoms with Gasteiger partial charge in [0.25, 0.3) is 0 Å². The van der Waals surface area contributed by atoms with Gasteiger partial charge in [0, 0.05) is 5.38 Å². The van der Waals surface area contributed by atoms with Crippen molar-refractivity contribution in [1.29, 1.82) is 0 Å². The van der Waals surface area contributed by atoms with Crippen LogP contribution in [-0.2, 0) is 0 Å². The van der Waals surface area contributed by atoms with Gasteiger partial charge in [-0.1, -0.05) is 11.3 Å². The SMILES string of the molecule is O=C(O)c1csc([N+](=O)[O-])c1Br. The normalized spacial score (nSPS) is 9.75. The van der Waals surface area contributed by atoms with Gasteiger partial charge < -0.3 is 5.11 Å². The van der Waals surface area contributed by atoms with Crippen LogP contribution in [0.3, 0.4) is 0 Å². The van der Waals surface area contributed by atoms with Crippen LogP contribution in [0.1, 0.15) is 10.4 Å². The molecule has 1 aromatic heterocycles. The molecule has 0 aromatic carbocycles. The third kappa shape index (κ3) is 1.46. The van der Waals surface area contributed by atoms with Crippen LogP contribution in [0.4, 0.5) is 5.00 Å². The molecule has 0 bridgehead atoms. The van der Waals surface area contributed by atoms with Gasteiger partial charge in [0.1, 0.15) is 4.47 Å². The first kappa shape index (κ1) is 9.14. The summed E-state index contributed by atoms with van der Waals surface area (Å²) in [6.45, 7) is 0. The van der Waals surface area contributed by atoms with Crippen LogP contribution in [0, 0.1) is 10.1 Å². The number of rotatable bonds is 2. The van der Waals surface area contributed by atoms with Gasteiger partial charge in [-0.05, 0) is 15.9 Å². The van der Waals surface area contributed by atoms with E-state index in [9.17, 15) is 14.9 Å². The summed E-state index contributed by atoms with van der Waals surface area (Å²) < 4.78 is 0.0324. The molecule has 0 aliphatic heterocycles. The first-order valence-corrected chi connectivity index (χ1v) is 4.36. The van der Waals surface area contributed by atoms with Crippen LogP contribution in [0.25, 0.3) is 0 Å². The van der Waals surface area contributed by atoms with E-state index in [2.05, 4.69) is 15.9 Å². The number of hydrogen-bond donors (Lipinski definition) is 1. The predicted molar refractivity (Wildman–Crippen MR) is 45.6 cm³/mol. The Balaban J connectivity index is 3.22. The molecule has 7 heteroatoms. The quantitative estimate of drug-likeness (QED) is 0.645. The molecular formula is C5H2BrNO4S. The van der Waals surface area contributed by atoms with E-state index in [0.717, 1.165) is 11.3 Å². The molecule has 0 aliphatic carbocycles. The van der Waals surface area contributed by atoms with Crippen LogP contribution >= 0.6 is 27.3 Å². The summed E-state index contributed by atoms with van der Waals surface area (Å²) in [7, 11) is 0. The van der Waals surface area contributed by atoms with Crippen LogP contribution in [-0.4, -0.2) is 16.0 Å². The first-order valence-electron chi connectivity index (χ1n) is 2.68. The number of aromatic carboxylic acids is 1. The zero-order chi connectivity index (χ0) is 9.30. The van der Waals surface area contributed by atoms with E-state index in [0.29, 0.717) is 0 Å². The second-order valence-electron chi connectivity index (χ2n) is 1.83. The number of thiophene rings is 1. The fourth-order valence-electron chi connectivity index (χ4n) is 0.601. The third-order valence-corrected chi connectivity index (χ3v) is 3.10. The molecule has 0 fully saturated rings. The number of carboxylic acids is 1. The van der Waals surface area contributed by atoms with E-state index in [-0.39, 0.29) is 15.0 Å². The molecule has 0 amide bonds. The molecule has 0 saturated carbocycles. The summed E-state index contributed by atoms with van der Waals surface area (Å²) in [4.78, 5) is 20.0. The Bertz CT molecular complexity index is 316. The van der Waals surface area contributed by atoms with Crippen molar-refractivity contribution in [3.05, 3.63) is 25.5 Å². The van der Waals surface area contributed by atoms with Crippen LogP contribution in [0.2, 0.25) is 0 Å². The highest BCUT2D eigenvalue weighted by Crippen LogP contribution is 2.34. The van der Waals surface area contributed by atoms with E-state index in [1.807, 2.05) is 0 Å². The fraction of sp³-hybridized carbons (Fsp3) is 0. The summed E-state index contributed by atoms with van der Waals surface area (Å²) in [5.74, 6) is -1.17. The minimum Gasteiger partial charge on any atom is -0.478 e. The molecule has 0 spiro atoms. The lowest BCUT2D eigenvalue weighted by atomic mass is 10.3. The van der Waals surface area contributed by atoms with E-state index < -0.39 is 10.9 Å². The molecule has 1 N–H and O–H groups in total. The second kappa shape index (κ2) is 3.20. The number of carbonyl (C=O) groups is 1. The van der Waals surface area contributed by atoms with Gasteiger partial charge in [0.05, 0.1) is 10.5 Å². The summed E-state index contributed by atoms with van der Waals surface area (Å²) >= 11 is 3.63. The lowest BCUT2D eigenvalue weighted by Crippen LogP contribution is -1.94. The molecule has 0 unspecified atom stereocenters. The average molecular weight is 252 g/mol. The highest BCUT2D eigenvalue weighted by atomic mass is 79.9. The summed E-state index contributed by atoms with van der Waals surface area (Å²) in [6.07, 6.45) is 0. The largest absolute Gasteiger partial charge is 0.478 e. The monoisotopic (exact) mass is 251 g/mol. The van der Waals surface area contributed by atoms with E-state index in [1.165, 1.54) is 5.38 Å². The number of nitro groups is 1. The van der Waals surface area contributed by atoms with Crippen molar-refractivity contribution < 1.29 is 14.8 Å². The second-order valence-corrected chi connectivity index (χ2v) is 3.48. The van der Waals surface area contributed by atoms with Gasteiger partial charge in [-0.15, -0.1) is 0 Å². The Morgan fingerprint density at radius 3 is 2.58 bits per heavy atom. The van der Waals surface area contributed by atoms with Crippen molar-refractivity contribution in [3.63, 3.8) is 0 Å². The van der Waals surface area contributed by atoms with Crippen LogP contribution < -0.4 is 0 Å². The van der Waals surface area contributed by atoms with Crippen LogP contribution in [0.15, 0.2) is 9.85 Å². The standard InChI is InChI=1S/C5H2BrNO4S/c6-3-2(5(8)9)1-12-4(3)7(10)11/h1H,(H,8,9). The fourth-order valence-corrected chi connectivity index (χ4v) is 2.21. The first-order chi connectivity index (χ1) is 5.54. The molecule has 1 heterocycles. The van der Waals surface area contributed by atoms with Crippen molar-refractivity contribution in [3.8, 4) is 0 Å². The van der Waals surface area contributed by atoms with Crippen LogP contribution in [0.5, 0.6) is 0 Å². The van der Waals surface area contributed by atoms with Gasteiger partial charge in [-0.25, -0.2) is 4.79 Å². The zero-order valence-electron chi connectivity index (χ0n) is 5.48. The minimum atomic E-state index is -1.17.